The second-order valence-electron chi connectivity index (χ2n) is 6.13. The van der Waals surface area contributed by atoms with Crippen LogP contribution >= 0.6 is 0 Å². The maximum atomic E-state index is 5.48. The summed E-state index contributed by atoms with van der Waals surface area (Å²) in [6.07, 6.45) is 11.7. The van der Waals surface area contributed by atoms with Gasteiger partial charge in [0.25, 0.3) is 0 Å². The molecule has 1 rings (SSSR count). The summed E-state index contributed by atoms with van der Waals surface area (Å²) in [6.45, 7) is 9.92. The summed E-state index contributed by atoms with van der Waals surface area (Å²) in [7, 11) is 1.87. The van der Waals surface area contributed by atoms with Crippen LogP contribution in [-0.2, 0) is 4.74 Å². The van der Waals surface area contributed by atoms with Crippen LogP contribution in [0.2, 0.25) is 0 Å². The van der Waals surface area contributed by atoms with Crippen LogP contribution in [0, 0.1) is 0 Å². The van der Waals surface area contributed by atoms with Gasteiger partial charge in [-0.15, -0.1) is 0 Å². The quantitative estimate of drug-likeness (QED) is 0.408. The van der Waals surface area contributed by atoms with Crippen molar-refractivity contribution in [1.29, 1.82) is 0 Å². The fraction of sp³-hybridized carbons (Fsp3) is 1.00. The molecule has 0 spiro atoms. The highest BCUT2D eigenvalue weighted by Crippen LogP contribution is 2.25. The maximum absolute atomic E-state index is 5.48. The van der Waals surface area contributed by atoms with Crippen molar-refractivity contribution < 1.29 is 21.6 Å². The summed E-state index contributed by atoms with van der Waals surface area (Å²) in [5.74, 6) is 0. The Morgan fingerprint density at radius 2 is 1.32 bits per heavy atom. The van der Waals surface area contributed by atoms with Crippen molar-refractivity contribution in [2.24, 2.45) is 0 Å². The average Bonchev–Trinajstić information content (AvgIpc) is 2.34. The molecule has 1 saturated heterocycles. The summed E-state index contributed by atoms with van der Waals surface area (Å²) in [5.41, 5.74) is 0. The van der Waals surface area contributed by atoms with Gasteiger partial charge in [-0.25, -0.2) is 0 Å². The zero-order valence-electron chi connectivity index (χ0n) is 13.3. The van der Waals surface area contributed by atoms with E-state index in [2.05, 4.69) is 13.8 Å². The topological polar surface area (TPSA) is 9.23 Å². The molecule has 0 amide bonds. The van der Waals surface area contributed by atoms with Gasteiger partial charge >= 0.3 is 0 Å². The van der Waals surface area contributed by atoms with Crippen LogP contribution in [0.1, 0.15) is 65.2 Å². The van der Waals surface area contributed by atoms with Gasteiger partial charge in [-0.05, 0) is 25.7 Å². The molecule has 1 aliphatic heterocycles. The summed E-state index contributed by atoms with van der Waals surface area (Å²) in [5, 5.41) is 0. The molecule has 0 aromatic heterocycles. The number of nitrogens with zero attached hydrogens (tertiary/aromatic N) is 1. The normalized spacial score (nSPS) is 17.8. The number of rotatable bonds is 11. The summed E-state index contributed by atoms with van der Waals surface area (Å²) < 4.78 is 6.83. The van der Waals surface area contributed by atoms with Gasteiger partial charge in [-0.3, -0.25) is 0 Å². The molecule has 0 bridgehead atoms. The van der Waals surface area contributed by atoms with E-state index in [1.165, 1.54) is 82.0 Å². The number of methoxy groups -OCH3 is 1. The van der Waals surface area contributed by atoms with Crippen molar-refractivity contribution in [3.8, 4) is 0 Å². The number of hydrogen-bond donors (Lipinski definition) is 0. The van der Waals surface area contributed by atoms with Crippen molar-refractivity contribution in [3.05, 3.63) is 0 Å². The minimum absolute atomic E-state index is 0. The van der Waals surface area contributed by atoms with E-state index in [0.29, 0.717) is 6.10 Å². The van der Waals surface area contributed by atoms with Gasteiger partial charge in [0.2, 0.25) is 0 Å². The van der Waals surface area contributed by atoms with E-state index in [-0.39, 0.29) is 12.4 Å². The molecule has 1 aliphatic rings. The van der Waals surface area contributed by atoms with E-state index in [1.54, 1.807) is 0 Å². The van der Waals surface area contributed by atoms with Gasteiger partial charge in [0, 0.05) is 7.11 Å². The van der Waals surface area contributed by atoms with E-state index in [4.69, 9.17) is 4.74 Å². The molecule has 116 valence electrons. The van der Waals surface area contributed by atoms with Gasteiger partial charge in [0.1, 0.15) is 13.1 Å². The van der Waals surface area contributed by atoms with Gasteiger partial charge < -0.3 is 21.6 Å². The predicted molar refractivity (Wildman–Crippen MR) is 78.8 cm³/mol. The molecule has 0 N–H and O–H groups in total. The standard InChI is InChI=1S/C16H34NO.ClH/c1-4-6-8-10-12-17(13-11-9-7-5-2)14-16(15-17)18-3;/h16H,4-15H2,1-3H3;1H/q+1;/p-1. The Bertz CT molecular complexity index is 191. The number of quaternary nitrogens is 1. The van der Waals surface area contributed by atoms with E-state index >= 15 is 0 Å². The Morgan fingerprint density at radius 3 is 1.68 bits per heavy atom. The Balaban J connectivity index is 0.00000324. The fourth-order valence-electron chi connectivity index (χ4n) is 3.18. The lowest BCUT2D eigenvalue weighted by Gasteiger charge is -2.50. The minimum Gasteiger partial charge on any atom is -1.00 e. The third kappa shape index (κ3) is 6.97. The van der Waals surface area contributed by atoms with Crippen molar-refractivity contribution in [2.45, 2.75) is 71.3 Å². The molecule has 0 unspecified atom stereocenters. The highest BCUT2D eigenvalue weighted by Gasteiger charge is 2.42. The van der Waals surface area contributed by atoms with Crippen molar-refractivity contribution in [2.75, 3.05) is 33.3 Å². The molecule has 0 saturated carbocycles. The first-order valence-corrected chi connectivity index (χ1v) is 8.14. The second-order valence-corrected chi connectivity index (χ2v) is 6.13. The Kier molecular flexibility index (Phi) is 11.1. The maximum Gasteiger partial charge on any atom is 0.154 e. The van der Waals surface area contributed by atoms with Gasteiger partial charge in [-0.1, -0.05) is 39.5 Å². The lowest BCUT2D eigenvalue weighted by Crippen LogP contribution is -3.00. The third-order valence-corrected chi connectivity index (χ3v) is 4.49. The number of halogens is 1. The van der Waals surface area contributed by atoms with E-state index in [9.17, 15) is 0 Å². The lowest BCUT2D eigenvalue weighted by molar-refractivity contribution is -0.972. The molecule has 0 aromatic rings. The first kappa shape index (κ1) is 19.2. The zero-order valence-corrected chi connectivity index (χ0v) is 14.1. The summed E-state index contributed by atoms with van der Waals surface area (Å²) >= 11 is 0. The number of hydrogen-bond acceptors (Lipinski definition) is 1. The highest BCUT2D eigenvalue weighted by molar-refractivity contribution is 4.69. The monoisotopic (exact) mass is 291 g/mol. The van der Waals surface area contributed by atoms with Gasteiger partial charge in [0.15, 0.2) is 6.10 Å². The molecule has 19 heavy (non-hydrogen) atoms. The van der Waals surface area contributed by atoms with Crippen LogP contribution in [0.4, 0.5) is 0 Å². The second kappa shape index (κ2) is 10.9. The highest BCUT2D eigenvalue weighted by atomic mass is 35.5. The van der Waals surface area contributed by atoms with E-state index in [0.717, 1.165) is 0 Å². The van der Waals surface area contributed by atoms with Crippen LogP contribution in [0.5, 0.6) is 0 Å². The average molecular weight is 292 g/mol. The van der Waals surface area contributed by atoms with Crippen molar-refractivity contribution in [3.63, 3.8) is 0 Å². The van der Waals surface area contributed by atoms with Crippen LogP contribution < -0.4 is 12.4 Å². The van der Waals surface area contributed by atoms with Crippen molar-refractivity contribution >= 4 is 0 Å². The van der Waals surface area contributed by atoms with E-state index in [1.807, 2.05) is 7.11 Å². The molecule has 0 aromatic carbocycles. The fourth-order valence-corrected chi connectivity index (χ4v) is 3.18. The number of likely N-dealkylation sites (tertiary alicyclic amines) is 1. The molecular weight excluding hydrogens is 258 g/mol. The zero-order chi connectivity index (χ0) is 13.3. The van der Waals surface area contributed by atoms with Crippen molar-refractivity contribution in [1.82, 2.24) is 0 Å². The summed E-state index contributed by atoms with van der Waals surface area (Å²) in [6, 6.07) is 0. The van der Waals surface area contributed by atoms with Crippen LogP contribution in [0.25, 0.3) is 0 Å². The smallest absolute Gasteiger partial charge is 0.154 e. The Morgan fingerprint density at radius 1 is 0.842 bits per heavy atom. The molecule has 1 fully saturated rings. The molecule has 0 radical (unpaired) electrons. The lowest BCUT2D eigenvalue weighted by atomic mass is 10.0. The molecule has 0 atom stereocenters. The predicted octanol–water partition coefficient (Wildman–Crippen LogP) is 0.996. The van der Waals surface area contributed by atoms with Gasteiger partial charge in [0.05, 0.1) is 13.1 Å². The molecular formula is C16H34ClNO. The summed E-state index contributed by atoms with van der Waals surface area (Å²) in [4.78, 5) is 0. The van der Waals surface area contributed by atoms with Crippen LogP contribution in [-0.4, -0.2) is 43.9 Å². The molecule has 2 nitrogen and oxygen atoms in total. The number of unbranched alkanes of at least 4 members (excludes halogenated alkanes) is 6. The molecule has 0 aliphatic carbocycles. The molecule has 3 heteroatoms. The van der Waals surface area contributed by atoms with Crippen LogP contribution in [0.15, 0.2) is 0 Å². The first-order chi connectivity index (χ1) is 8.76. The first-order valence-electron chi connectivity index (χ1n) is 8.14. The Labute approximate surface area is 126 Å². The minimum atomic E-state index is 0. The third-order valence-electron chi connectivity index (χ3n) is 4.49. The largest absolute Gasteiger partial charge is 1.00 e. The van der Waals surface area contributed by atoms with Gasteiger partial charge in [-0.2, -0.15) is 0 Å². The SMILES string of the molecule is CCCCCC[N+]1(CCCCCC)CC(OC)C1.[Cl-]. The van der Waals surface area contributed by atoms with E-state index < -0.39 is 0 Å². The van der Waals surface area contributed by atoms with Crippen LogP contribution in [0.3, 0.4) is 0 Å². The molecule has 1 heterocycles. The number of ether oxygens (including phenoxy) is 1. The Hall–Kier alpha value is 0.210.